The molecule has 0 amide bonds. The van der Waals surface area contributed by atoms with Gasteiger partial charge in [0, 0.05) is 5.56 Å². The van der Waals surface area contributed by atoms with Crippen LogP contribution in [-0.4, -0.2) is 10.2 Å². The molecule has 1 aromatic heterocycles. The summed E-state index contributed by atoms with van der Waals surface area (Å²) in [7, 11) is 0. The van der Waals surface area contributed by atoms with E-state index in [4.69, 9.17) is 23.2 Å². The van der Waals surface area contributed by atoms with E-state index < -0.39 is 0 Å². The summed E-state index contributed by atoms with van der Waals surface area (Å²) >= 11 is 11.9. The van der Waals surface area contributed by atoms with E-state index in [0.29, 0.717) is 10.2 Å². The number of hydrogen-bond acceptors (Lipinski definition) is 2. The fraction of sp³-hybridized carbons (Fsp3) is 0.0909. The molecule has 2 rings (SSSR count). The number of aryl methyl sites for hydroxylation is 1. The van der Waals surface area contributed by atoms with Crippen molar-refractivity contribution in [3.8, 4) is 11.3 Å². The number of nitrogens with zero attached hydrogens (tertiary/aromatic N) is 2. The molecule has 0 unspecified atom stereocenters. The molecule has 0 N–H and O–H groups in total. The van der Waals surface area contributed by atoms with Crippen LogP contribution < -0.4 is 0 Å². The minimum Gasteiger partial charge on any atom is -0.149 e. The molecule has 4 heteroatoms. The summed E-state index contributed by atoms with van der Waals surface area (Å²) < 4.78 is 0. The molecular weight excluding hydrogens is 231 g/mol. The topological polar surface area (TPSA) is 25.8 Å². The largest absolute Gasteiger partial charge is 0.154 e. The number of halogens is 2. The minimum absolute atomic E-state index is 0.422. The second-order valence-electron chi connectivity index (χ2n) is 3.18. The van der Waals surface area contributed by atoms with Crippen LogP contribution in [0.25, 0.3) is 11.3 Å². The lowest BCUT2D eigenvalue weighted by Gasteiger charge is -2.03. The maximum Gasteiger partial charge on any atom is 0.154 e. The average Bonchev–Trinajstić information content (AvgIpc) is 2.23. The molecule has 2 nitrogen and oxygen atoms in total. The molecular formula is C11H8Cl2N2. The minimum atomic E-state index is 0.422. The fourth-order valence-electron chi connectivity index (χ4n) is 1.27. The quantitative estimate of drug-likeness (QED) is 0.757. The first kappa shape index (κ1) is 10.4. The SMILES string of the molecule is Cc1cc(-c2ccccc2Cl)nnc1Cl. The summed E-state index contributed by atoms with van der Waals surface area (Å²) in [5, 5.41) is 8.94. The van der Waals surface area contributed by atoms with Crippen molar-refractivity contribution in [1.82, 2.24) is 10.2 Å². The van der Waals surface area contributed by atoms with Gasteiger partial charge in [-0.25, -0.2) is 0 Å². The van der Waals surface area contributed by atoms with Gasteiger partial charge in [-0.2, -0.15) is 0 Å². The molecule has 1 heterocycles. The van der Waals surface area contributed by atoms with Crippen molar-refractivity contribution < 1.29 is 0 Å². The Hall–Kier alpha value is -1.12. The van der Waals surface area contributed by atoms with Gasteiger partial charge in [-0.3, -0.25) is 0 Å². The van der Waals surface area contributed by atoms with Gasteiger partial charge in [-0.05, 0) is 24.6 Å². The molecule has 0 saturated carbocycles. The van der Waals surface area contributed by atoms with Crippen LogP contribution in [0, 0.1) is 6.92 Å². The zero-order valence-electron chi connectivity index (χ0n) is 8.04. The third-order valence-electron chi connectivity index (χ3n) is 2.07. The monoisotopic (exact) mass is 238 g/mol. The summed E-state index contributed by atoms with van der Waals surface area (Å²) in [5.74, 6) is 0. The summed E-state index contributed by atoms with van der Waals surface area (Å²) in [6.45, 7) is 1.89. The molecule has 76 valence electrons. The van der Waals surface area contributed by atoms with Crippen molar-refractivity contribution in [3.05, 3.63) is 46.1 Å². The van der Waals surface area contributed by atoms with Gasteiger partial charge in [0.05, 0.1) is 10.7 Å². The third-order valence-corrected chi connectivity index (χ3v) is 2.78. The van der Waals surface area contributed by atoms with Gasteiger partial charge in [0.25, 0.3) is 0 Å². The van der Waals surface area contributed by atoms with Gasteiger partial charge in [0.2, 0.25) is 0 Å². The molecule has 0 aliphatic carbocycles. The van der Waals surface area contributed by atoms with E-state index in [1.54, 1.807) is 0 Å². The van der Waals surface area contributed by atoms with Crippen LogP contribution in [0.15, 0.2) is 30.3 Å². The number of aromatic nitrogens is 2. The zero-order chi connectivity index (χ0) is 10.8. The van der Waals surface area contributed by atoms with Crippen molar-refractivity contribution in [2.45, 2.75) is 6.92 Å². The predicted octanol–water partition coefficient (Wildman–Crippen LogP) is 3.76. The standard InChI is InChI=1S/C11H8Cl2N2/c1-7-6-10(14-15-11(7)13)8-4-2-3-5-9(8)12/h2-6H,1H3. The van der Waals surface area contributed by atoms with Crippen molar-refractivity contribution in [3.63, 3.8) is 0 Å². The summed E-state index contributed by atoms with van der Waals surface area (Å²) in [5.41, 5.74) is 2.50. The number of hydrogen-bond donors (Lipinski definition) is 0. The predicted molar refractivity (Wildman–Crippen MR) is 62.2 cm³/mol. The number of rotatable bonds is 1. The molecule has 2 aromatic rings. The summed E-state index contributed by atoms with van der Waals surface area (Å²) in [4.78, 5) is 0. The fourth-order valence-corrected chi connectivity index (χ4v) is 1.60. The Bertz CT molecular complexity index is 498. The van der Waals surface area contributed by atoms with Gasteiger partial charge < -0.3 is 0 Å². The second-order valence-corrected chi connectivity index (χ2v) is 3.95. The molecule has 1 aromatic carbocycles. The van der Waals surface area contributed by atoms with E-state index in [9.17, 15) is 0 Å². The highest BCUT2D eigenvalue weighted by Gasteiger charge is 2.06. The first-order valence-electron chi connectivity index (χ1n) is 4.43. The molecule has 0 aliphatic rings. The van der Waals surface area contributed by atoms with Gasteiger partial charge in [-0.1, -0.05) is 41.4 Å². The van der Waals surface area contributed by atoms with Gasteiger partial charge in [-0.15, -0.1) is 10.2 Å². The van der Waals surface area contributed by atoms with Crippen molar-refractivity contribution in [2.75, 3.05) is 0 Å². The lowest BCUT2D eigenvalue weighted by molar-refractivity contribution is 1.02. The molecule has 0 radical (unpaired) electrons. The first-order chi connectivity index (χ1) is 7.18. The third kappa shape index (κ3) is 2.11. The first-order valence-corrected chi connectivity index (χ1v) is 5.19. The lowest BCUT2D eigenvalue weighted by atomic mass is 10.1. The van der Waals surface area contributed by atoms with Gasteiger partial charge >= 0.3 is 0 Å². The van der Waals surface area contributed by atoms with Crippen LogP contribution in [0.5, 0.6) is 0 Å². The maximum absolute atomic E-state index is 6.05. The van der Waals surface area contributed by atoms with Gasteiger partial charge in [0.15, 0.2) is 5.15 Å². The maximum atomic E-state index is 6.05. The molecule has 0 aliphatic heterocycles. The van der Waals surface area contributed by atoms with Crippen LogP contribution in [0.4, 0.5) is 0 Å². The Morgan fingerprint density at radius 2 is 1.80 bits per heavy atom. The normalized spacial score (nSPS) is 10.3. The molecule has 0 fully saturated rings. The van der Waals surface area contributed by atoms with Crippen LogP contribution in [0.2, 0.25) is 10.2 Å². The second kappa shape index (κ2) is 4.17. The highest BCUT2D eigenvalue weighted by Crippen LogP contribution is 2.26. The average molecular weight is 239 g/mol. The van der Waals surface area contributed by atoms with E-state index in [1.807, 2.05) is 37.3 Å². The van der Waals surface area contributed by atoms with Crippen LogP contribution in [0.1, 0.15) is 5.56 Å². The van der Waals surface area contributed by atoms with E-state index in [2.05, 4.69) is 10.2 Å². The van der Waals surface area contributed by atoms with E-state index in [0.717, 1.165) is 16.8 Å². The Labute approximate surface area is 97.9 Å². The highest BCUT2D eigenvalue weighted by atomic mass is 35.5. The van der Waals surface area contributed by atoms with Crippen LogP contribution in [-0.2, 0) is 0 Å². The molecule has 15 heavy (non-hydrogen) atoms. The number of benzene rings is 1. The van der Waals surface area contributed by atoms with E-state index >= 15 is 0 Å². The Morgan fingerprint density at radius 3 is 2.47 bits per heavy atom. The van der Waals surface area contributed by atoms with Crippen molar-refractivity contribution in [1.29, 1.82) is 0 Å². The molecule has 0 atom stereocenters. The summed E-state index contributed by atoms with van der Waals surface area (Å²) in [6, 6.07) is 9.38. The smallest absolute Gasteiger partial charge is 0.149 e. The lowest BCUT2D eigenvalue weighted by Crippen LogP contribution is -1.91. The van der Waals surface area contributed by atoms with E-state index in [-0.39, 0.29) is 0 Å². The van der Waals surface area contributed by atoms with E-state index in [1.165, 1.54) is 0 Å². The highest BCUT2D eigenvalue weighted by molar-refractivity contribution is 6.33. The molecule has 0 spiro atoms. The molecule has 0 saturated heterocycles. The Kier molecular flexibility index (Phi) is 2.89. The molecule has 0 bridgehead atoms. The Morgan fingerprint density at radius 1 is 1.07 bits per heavy atom. The Balaban J connectivity index is 2.55. The van der Waals surface area contributed by atoms with Crippen molar-refractivity contribution >= 4 is 23.2 Å². The van der Waals surface area contributed by atoms with Crippen molar-refractivity contribution in [2.24, 2.45) is 0 Å². The van der Waals surface area contributed by atoms with Gasteiger partial charge in [0.1, 0.15) is 0 Å². The van der Waals surface area contributed by atoms with Crippen LogP contribution in [0.3, 0.4) is 0 Å². The summed E-state index contributed by atoms with van der Waals surface area (Å²) in [6.07, 6.45) is 0. The van der Waals surface area contributed by atoms with Crippen LogP contribution >= 0.6 is 23.2 Å². The zero-order valence-corrected chi connectivity index (χ0v) is 9.55.